The van der Waals surface area contributed by atoms with E-state index in [1.807, 2.05) is 16.9 Å². The van der Waals surface area contributed by atoms with Crippen LogP contribution in [0.15, 0.2) is 30.5 Å². The Hall–Kier alpha value is -1.61. The molecule has 1 aromatic heterocycles. The van der Waals surface area contributed by atoms with E-state index in [2.05, 4.69) is 37.1 Å². The maximum Gasteiger partial charge on any atom is 0.0651 e. The SMILES string of the molecule is Cc1cccc(-n2ncc(CCN)c2C)c1. The summed E-state index contributed by atoms with van der Waals surface area (Å²) < 4.78 is 1.97. The molecule has 0 fully saturated rings. The van der Waals surface area contributed by atoms with E-state index in [1.54, 1.807) is 0 Å². The van der Waals surface area contributed by atoms with Crippen LogP contribution in [-0.2, 0) is 6.42 Å². The van der Waals surface area contributed by atoms with Gasteiger partial charge in [0.15, 0.2) is 0 Å². The number of aryl methyl sites for hydroxylation is 1. The van der Waals surface area contributed by atoms with Crippen LogP contribution in [0.1, 0.15) is 16.8 Å². The molecule has 2 N–H and O–H groups in total. The summed E-state index contributed by atoms with van der Waals surface area (Å²) in [7, 11) is 0. The standard InChI is InChI=1S/C13H17N3/c1-10-4-3-5-13(8-10)16-11(2)12(6-7-14)9-15-16/h3-5,8-9H,6-7,14H2,1-2H3. The van der Waals surface area contributed by atoms with Crippen molar-refractivity contribution in [3.63, 3.8) is 0 Å². The number of hydrogen-bond acceptors (Lipinski definition) is 2. The van der Waals surface area contributed by atoms with E-state index in [1.165, 1.54) is 16.8 Å². The first-order valence-corrected chi connectivity index (χ1v) is 5.53. The van der Waals surface area contributed by atoms with Gasteiger partial charge in [-0.3, -0.25) is 0 Å². The smallest absolute Gasteiger partial charge is 0.0651 e. The fraction of sp³-hybridized carbons (Fsp3) is 0.308. The van der Waals surface area contributed by atoms with Crippen molar-refractivity contribution in [3.8, 4) is 5.69 Å². The molecule has 0 saturated carbocycles. The van der Waals surface area contributed by atoms with Crippen molar-refractivity contribution in [1.82, 2.24) is 9.78 Å². The number of hydrogen-bond donors (Lipinski definition) is 1. The van der Waals surface area contributed by atoms with Crippen molar-refractivity contribution in [3.05, 3.63) is 47.3 Å². The fourth-order valence-corrected chi connectivity index (χ4v) is 1.86. The molecule has 3 heteroatoms. The van der Waals surface area contributed by atoms with E-state index >= 15 is 0 Å². The van der Waals surface area contributed by atoms with Gasteiger partial charge >= 0.3 is 0 Å². The topological polar surface area (TPSA) is 43.8 Å². The minimum atomic E-state index is 0.667. The lowest BCUT2D eigenvalue weighted by atomic mass is 10.2. The quantitative estimate of drug-likeness (QED) is 0.851. The number of aromatic nitrogens is 2. The molecule has 1 heterocycles. The van der Waals surface area contributed by atoms with Crippen LogP contribution in [0.3, 0.4) is 0 Å². The number of nitrogens with two attached hydrogens (primary N) is 1. The predicted octanol–water partition coefficient (Wildman–Crippen LogP) is 1.99. The van der Waals surface area contributed by atoms with E-state index in [0.29, 0.717) is 6.54 Å². The summed E-state index contributed by atoms with van der Waals surface area (Å²) in [6.45, 7) is 4.84. The summed E-state index contributed by atoms with van der Waals surface area (Å²) in [6.07, 6.45) is 2.79. The zero-order valence-electron chi connectivity index (χ0n) is 9.77. The van der Waals surface area contributed by atoms with Gasteiger partial charge < -0.3 is 5.73 Å². The van der Waals surface area contributed by atoms with Gasteiger partial charge in [-0.15, -0.1) is 0 Å². The van der Waals surface area contributed by atoms with Crippen LogP contribution in [0.25, 0.3) is 5.69 Å². The lowest BCUT2D eigenvalue weighted by molar-refractivity contribution is 0.840. The van der Waals surface area contributed by atoms with Crippen molar-refractivity contribution in [1.29, 1.82) is 0 Å². The Kier molecular flexibility index (Phi) is 3.06. The third kappa shape index (κ3) is 1.99. The summed E-state index contributed by atoms with van der Waals surface area (Å²) in [6, 6.07) is 8.34. The average molecular weight is 215 g/mol. The van der Waals surface area contributed by atoms with Gasteiger partial charge in [0.2, 0.25) is 0 Å². The highest BCUT2D eigenvalue weighted by Gasteiger charge is 2.06. The number of rotatable bonds is 3. The van der Waals surface area contributed by atoms with E-state index < -0.39 is 0 Å². The molecule has 0 bridgehead atoms. The predicted molar refractivity (Wildman–Crippen MR) is 65.8 cm³/mol. The largest absolute Gasteiger partial charge is 0.330 e. The van der Waals surface area contributed by atoms with Crippen LogP contribution in [0.4, 0.5) is 0 Å². The second-order valence-electron chi connectivity index (χ2n) is 4.04. The normalized spacial score (nSPS) is 10.7. The lowest BCUT2D eigenvalue weighted by Gasteiger charge is -2.06. The van der Waals surface area contributed by atoms with Gasteiger partial charge in [-0.25, -0.2) is 4.68 Å². The zero-order chi connectivity index (χ0) is 11.5. The minimum Gasteiger partial charge on any atom is -0.330 e. The summed E-state index contributed by atoms with van der Waals surface area (Å²) in [5.41, 5.74) is 10.3. The van der Waals surface area contributed by atoms with Crippen LogP contribution in [-0.4, -0.2) is 16.3 Å². The number of benzene rings is 1. The van der Waals surface area contributed by atoms with Crippen molar-refractivity contribution in [2.24, 2.45) is 5.73 Å². The summed E-state index contributed by atoms with van der Waals surface area (Å²) >= 11 is 0. The average Bonchev–Trinajstić information content (AvgIpc) is 2.61. The second kappa shape index (κ2) is 4.49. The second-order valence-corrected chi connectivity index (χ2v) is 4.04. The molecule has 0 amide bonds. The van der Waals surface area contributed by atoms with E-state index in [0.717, 1.165) is 12.1 Å². The van der Waals surface area contributed by atoms with Crippen molar-refractivity contribution in [2.75, 3.05) is 6.54 Å². The molecule has 16 heavy (non-hydrogen) atoms. The van der Waals surface area contributed by atoms with Crippen LogP contribution >= 0.6 is 0 Å². The first-order chi connectivity index (χ1) is 7.72. The molecule has 3 nitrogen and oxygen atoms in total. The molecule has 0 atom stereocenters. The summed E-state index contributed by atoms with van der Waals surface area (Å²) in [5, 5.41) is 4.41. The lowest BCUT2D eigenvalue weighted by Crippen LogP contribution is -2.04. The Morgan fingerprint density at radius 2 is 2.12 bits per heavy atom. The molecule has 1 aromatic carbocycles. The van der Waals surface area contributed by atoms with Crippen LogP contribution in [0.5, 0.6) is 0 Å². The fourth-order valence-electron chi connectivity index (χ4n) is 1.86. The van der Waals surface area contributed by atoms with Crippen molar-refractivity contribution < 1.29 is 0 Å². The molecular formula is C13H17N3. The molecule has 84 valence electrons. The van der Waals surface area contributed by atoms with Gasteiger partial charge in [0.1, 0.15) is 0 Å². The van der Waals surface area contributed by atoms with Crippen LogP contribution in [0.2, 0.25) is 0 Å². The van der Waals surface area contributed by atoms with Gasteiger partial charge in [0.05, 0.1) is 11.9 Å². The van der Waals surface area contributed by atoms with Gasteiger partial charge in [0, 0.05) is 5.69 Å². The maximum absolute atomic E-state index is 5.56. The van der Waals surface area contributed by atoms with Gasteiger partial charge in [-0.2, -0.15) is 5.10 Å². The molecule has 0 unspecified atom stereocenters. The van der Waals surface area contributed by atoms with Crippen molar-refractivity contribution >= 4 is 0 Å². The Balaban J connectivity index is 2.41. The highest BCUT2D eigenvalue weighted by molar-refractivity contribution is 5.37. The maximum atomic E-state index is 5.56. The van der Waals surface area contributed by atoms with Crippen LogP contribution < -0.4 is 5.73 Å². The molecule has 0 radical (unpaired) electrons. The number of nitrogens with zero attached hydrogens (tertiary/aromatic N) is 2. The van der Waals surface area contributed by atoms with E-state index in [9.17, 15) is 0 Å². The van der Waals surface area contributed by atoms with Gasteiger partial charge in [-0.05, 0) is 50.1 Å². The molecule has 0 aliphatic heterocycles. The minimum absolute atomic E-state index is 0.667. The first kappa shape index (κ1) is 10.9. The first-order valence-electron chi connectivity index (χ1n) is 5.53. The van der Waals surface area contributed by atoms with E-state index in [4.69, 9.17) is 5.73 Å². The third-order valence-electron chi connectivity index (χ3n) is 2.77. The van der Waals surface area contributed by atoms with Gasteiger partial charge in [-0.1, -0.05) is 12.1 Å². The summed E-state index contributed by atoms with van der Waals surface area (Å²) in [4.78, 5) is 0. The zero-order valence-corrected chi connectivity index (χ0v) is 9.77. The highest BCUT2D eigenvalue weighted by atomic mass is 15.3. The molecule has 2 rings (SSSR count). The summed E-state index contributed by atoms with van der Waals surface area (Å²) in [5.74, 6) is 0. The van der Waals surface area contributed by atoms with Crippen molar-refractivity contribution in [2.45, 2.75) is 20.3 Å². The molecule has 0 aliphatic carbocycles. The Morgan fingerprint density at radius 1 is 1.31 bits per heavy atom. The molecule has 0 spiro atoms. The van der Waals surface area contributed by atoms with E-state index in [-0.39, 0.29) is 0 Å². The Morgan fingerprint density at radius 3 is 2.81 bits per heavy atom. The van der Waals surface area contributed by atoms with Gasteiger partial charge in [0.25, 0.3) is 0 Å². The van der Waals surface area contributed by atoms with Crippen LogP contribution in [0, 0.1) is 13.8 Å². The molecular weight excluding hydrogens is 198 g/mol. The highest BCUT2D eigenvalue weighted by Crippen LogP contribution is 2.15. The molecule has 2 aromatic rings. The molecule has 0 aliphatic rings. The Bertz CT molecular complexity index is 486. The molecule has 0 saturated heterocycles. The monoisotopic (exact) mass is 215 g/mol. The Labute approximate surface area is 95.9 Å². The third-order valence-corrected chi connectivity index (χ3v) is 2.77.